The highest BCUT2D eigenvalue weighted by molar-refractivity contribution is 8.00. The first-order valence-electron chi connectivity index (χ1n) is 12.5. The predicted molar refractivity (Wildman–Crippen MR) is 146 cm³/mol. The number of carboxylic acid groups (broad SMARTS) is 1. The van der Waals surface area contributed by atoms with Gasteiger partial charge in [-0.05, 0) is 13.3 Å². The van der Waals surface area contributed by atoms with Crippen LogP contribution in [-0.2, 0) is 25.8 Å². The Kier molecular flexibility index (Phi) is 9.31. The Balaban J connectivity index is 1.46. The van der Waals surface area contributed by atoms with Crippen LogP contribution in [0.25, 0.3) is 0 Å². The Morgan fingerprint density at radius 1 is 1.30 bits per heavy atom. The number of carboxylic acids is 1. The Morgan fingerprint density at radius 3 is 2.67 bits per heavy atom. The first kappa shape index (κ1) is 28.9. The molecular weight excluding hydrogens is 560 g/mol. The van der Waals surface area contributed by atoms with Crippen LogP contribution in [0.3, 0.4) is 0 Å². The molecule has 4 rings (SSSR count). The van der Waals surface area contributed by atoms with Crippen LogP contribution in [0.4, 0.5) is 5.13 Å². The number of hydrogen-bond donors (Lipinski definition) is 4. The van der Waals surface area contributed by atoms with Crippen LogP contribution in [0.1, 0.15) is 42.9 Å². The molecule has 14 nitrogen and oxygen atoms in total. The quantitative estimate of drug-likeness (QED) is 0.0868. The summed E-state index contributed by atoms with van der Waals surface area (Å²) in [6.45, 7) is 4.72. The maximum absolute atomic E-state index is 13.1. The fourth-order valence-electron chi connectivity index (χ4n) is 4.07. The molecular formula is C24H29N8O6S2+. The number of thioether (sulfide) groups is 1. The van der Waals surface area contributed by atoms with Gasteiger partial charge in [0.25, 0.3) is 17.7 Å². The number of pyridine rings is 1. The SMILES string of the molecule is CCCCNC(=O)c1cc[n+](CC2=C(C(=O)O)N3C(=O)C(NC(=O)C(=NOCC)c4nsc(N)n4)[C@H]3SC2)cc1. The van der Waals surface area contributed by atoms with Crippen molar-refractivity contribution in [2.24, 2.45) is 5.16 Å². The highest BCUT2D eigenvalue weighted by Crippen LogP contribution is 2.40. The number of oxime groups is 1. The van der Waals surface area contributed by atoms with Crippen LogP contribution in [0, 0.1) is 0 Å². The maximum Gasteiger partial charge on any atom is 0.352 e. The minimum atomic E-state index is -1.24. The Hall–Kier alpha value is -4.05. The second-order valence-electron chi connectivity index (χ2n) is 8.80. The lowest BCUT2D eigenvalue weighted by Crippen LogP contribution is -2.71. The zero-order chi connectivity index (χ0) is 28.8. The number of nitrogens with two attached hydrogens (primary N) is 1. The lowest BCUT2D eigenvalue weighted by Gasteiger charge is -2.49. The topological polar surface area (TPSA) is 193 Å². The summed E-state index contributed by atoms with van der Waals surface area (Å²) in [5, 5.41) is 18.7. The number of nitrogens with zero attached hydrogens (tertiary/aromatic N) is 5. The molecule has 0 saturated carbocycles. The van der Waals surface area contributed by atoms with Crippen molar-refractivity contribution >= 4 is 57.8 Å². The Morgan fingerprint density at radius 2 is 2.05 bits per heavy atom. The van der Waals surface area contributed by atoms with E-state index in [-0.39, 0.29) is 41.4 Å². The second kappa shape index (κ2) is 12.9. The van der Waals surface area contributed by atoms with Gasteiger partial charge in [0, 0.05) is 41.5 Å². The van der Waals surface area contributed by atoms with E-state index in [0.29, 0.717) is 23.4 Å². The molecule has 0 aliphatic carbocycles. The average Bonchev–Trinajstić information content (AvgIpc) is 3.37. The van der Waals surface area contributed by atoms with Gasteiger partial charge in [-0.2, -0.15) is 9.36 Å². The minimum Gasteiger partial charge on any atom is -0.477 e. The molecule has 2 aliphatic heterocycles. The first-order chi connectivity index (χ1) is 19.2. The Bertz CT molecular complexity index is 1360. The molecule has 2 aromatic rings. The van der Waals surface area contributed by atoms with E-state index >= 15 is 0 Å². The number of unbranched alkanes of at least 4 members (excludes halogenated alkanes) is 1. The summed E-state index contributed by atoms with van der Waals surface area (Å²) in [6, 6.07) is 2.34. The van der Waals surface area contributed by atoms with Crippen molar-refractivity contribution in [3.05, 3.63) is 47.2 Å². The van der Waals surface area contributed by atoms with Gasteiger partial charge in [-0.3, -0.25) is 19.3 Å². The molecule has 16 heteroatoms. The van der Waals surface area contributed by atoms with Crippen LogP contribution in [0.15, 0.2) is 41.0 Å². The van der Waals surface area contributed by atoms with Crippen LogP contribution in [0.2, 0.25) is 0 Å². The van der Waals surface area contributed by atoms with Crippen molar-refractivity contribution in [2.45, 2.75) is 44.6 Å². The average molecular weight is 590 g/mol. The van der Waals surface area contributed by atoms with Gasteiger partial charge in [0.15, 0.2) is 24.1 Å². The molecule has 4 heterocycles. The standard InChI is InChI=1S/C24H28N8O6S2/c1-3-5-8-26-19(33)13-6-9-31(10-7-13)11-14-12-39-22-16(21(35)32(22)17(14)23(36)37)27-20(34)15(29-38-4-2)18-28-24(25)40-30-18/h6-7,9-10,16,22H,3-5,8,11-12H2,1-2H3,(H4-,25,26,27,28,30,33,34,36,37)/p+1/t16?,22-/m1/s1. The van der Waals surface area contributed by atoms with E-state index in [1.807, 2.05) is 6.92 Å². The number of rotatable bonds is 12. The lowest BCUT2D eigenvalue weighted by atomic mass is 10.0. The van der Waals surface area contributed by atoms with E-state index in [1.54, 1.807) is 36.0 Å². The number of aromatic nitrogens is 3. The van der Waals surface area contributed by atoms with Crippen LogP contribution >= 0.6 is 23.3 Å². The largest absolute Gasteiger partial charge is 0.477 e. The summed E-state index contributed by atoms with van der Waals surface area (Å²) in [4.78, 5) is 60.7. The molecule has 1 saturated heterocycles. The highest BCUT2D eigenvalue weighted by atomic mass is 32.2. The third-order valence-corrected chi connectivity index (χ3v) is 7.91. The first-order valence-corrected chi connectivity index (χ1v) is 14.3. The van der Waals surface area contributed by atoms with Gasteiger partial charge < -0.3 is 26.3 Å². The van der Waals surface area contributed by atoms with Crippen molar-refractivity contribution in [2.75, 3.05) is 24.6 Å². The van der Waals surface area contributed by atoms with Crippen LogP contribution < -0.4 is 20.9 Å². The summed E-state index contributed by atoms with van der Waals surface area (Å²) in [5.74, 6) is -2.45. The van der Waals surface area contributed by atoms with Gasteiger partial charge >= 0.3 is 5.97 Å². The summed E-state index contributed by atoms with van der Waals surface area (Å²) in [5.41, 5.74) is 6.28. The van der Waals surface area contributed by atoms with Gasteiger partial charge in [0.2, 0.25) is 11.5 Å². The number of amides is 3. The molecule has 1 unspecified atom stereocenters. The molecule has 0 bridgehead atoms. The van der Waals surface area contributed by atoms with Gasteiger partial charge in [-0.1, -0.05) is 18.5 Å². The van der Waals surface area contributed by atoms with E-state index in [9.17, 15) is 24.3 Å². The third kappa shape index (κ3) is 6.22. The highest BCUT2D eigenvalue weighted by Gasteiger charge is 2.54. The van der Waals surface area contributed by atoms with Gasteiger partial charge in [0.05, 0.1) is 5.56 Å². The summed E-state index contributed by atoms with van der Waals surface area (Å²) >= 11 is 2.21. The van der Waals surface area contributed by atoms with Crippen molar-refractivity contribution in [3.8, 4) is 0 Å². The zero-order valence-electron chi connectivity index (χ0n) is 21.8. The molecule has 2 aromatic heterocycles. The maximum atomic E-state index is 13.1. The number of hydrogen-bond acceptors (Lipinski definition) is 11. The van der Waals surface area contributed by atoms with E-state index in [1.165, 1.54) is 16.7 Å². The van der Waals surface area contributed by atoms with Crippen molar-refractivity contribution in [3.63, 3.8) is 0 Å². The lowest BCUT2D eigenvalue weighted by molar-refractivity contribution is -0.689. The van der Waals surface area contributed by atoms with Crippen LogP contribution in [0.5, 0.6) is 0 Å². The minimum absolute atomic E-state index is 0.0386. The van der Waals surface area contributed by atoms with Crippen molar-refractivity contribution in [1.29, 1.82) is 0 Å². The van der Waals surface area contributed by atoms with E-state index in [4.69, 9.17) is 10.6 Å². The summed E-state index contributed by atoms with van der Waals surface area (Å²) in [6.07, 6.45) is 5.25. The Labute approximate surface area is 237 Å². The number of β-lactam (4-membered cyclic amide) rings is 1. The molecule has 2 atom stereocenters. The molecule has 0 radical (unpaired) electrons. The smallest absolute Gasteiger partial charge is 0.352 e. The molecule has 5 N–H and O–H groups in total. The van der Waals surface area contributed by atoms with E-state index in [0.717, 1.165) is 24.4 Å². The molecule has 0 spiro atoms. The molecule has 40 heavy (non-hydrogen) atoms. The summed E-state index contributed by atoms with van der Waals surface area (Å²) < 4.78 is 5.73. The van der Waals surface area contributed by atoms with Crippen molar-refractivity contribution < 1.29 is 33.7 Å². The number of nitrogen functional groups attached to an aromatic ring is 1. The molecule has 0 aromatic carbocycles. The number of aliphatic carboxylic acids is 1. The molecule has 1 fully saturated rings. The van der Waals surface area contributed by atoms with Gasteiger partial charge in [-0.15, -0.1) is 11.8 Å². The molecule has 3 amide bonds. The molecule has 212 valence electrons. The fourth-order valence-corrected chi connectivity index (χ4v) is 5.84. The van der Waals surface area contributed by atoms with Gasteiger partial charge in [-0.25, -0.2) is 9.36 Å². The van der Waals surface area contributed by atoms with Crippen molar-refractivity contribution in [1.82, 2.24) is 24.9 Å². The summed E-state index contributed by atoms with van der Waals surface area (Å²) in [7, 11) is 0. The van der Waals surface area contributed by atoms with E-state index < -0.39 is 29.2 Å². The van der Waals surface area contributed by atoms with Crippen LogP contribution in [-0.4, -0.2) is 79.1 Å². The fraction of sp³-hybridized carbons (Fsp3) is 0.417. The monoisotopic (exact) mass is 589 g/mol. The number of anilines is 1. The zero-order valence-corrected chi connectivity index (χ0v) is 23.5. The normalized spacial score (nSPS) is 18.6. The number of fused-ring (bicyclic) bond motifs is 1. The third-order valence-electron chi connectivity index (χ3n) is 6.03. The number of carbonyl (C=O) groups is 4. The van der Waals surface area contributed by atoms with Gasteiger partial charge in [0.1, 0.15) is 23.7 Å². The predicted octanol–water partition coefficient (Wildman–Crippen LogP) is 0.117. The molecule has 2 aliphatic rings. The number of carbonyl (C=O) groups excluding carboxylic acids is 3. The number of nitrogens with one attached hydrogen (secondary N) is 2. The second-order valence-corrected chi connectivity index (χ2v) is 10.7. The van der Waals surface area contributed by atoms with E-state index in [2.05, 4.69) is 25.1 Å².